The van der Waals surface area contributed by atoms with Crippen LogP contribution in [0.4, 0.5) is 10.1 Å². The predicted molar refractivity (Wildman–Crippen MR) is 145 cm³/mol. The van der Waals surface area contributed by atoms with E-state index in [4.69, 9.17) is 11.6 Å². The number of fused-ring (bicyclic) bond motifs is 1. The monoisotopic (exact) mass is 517 g/mol. The Kier molecular flexibility index (Phi) is 7.77. The quantitative estimate of drug-likeness (QED) is 0.363. The Bertz CT molecular complexity index is 1290. The molecule has 37 heavy (non-hydrogen) atoms. The summed E-state index contributed by atoms with van der Waals surface area (Å²) in [7, 11) is 0. The van der Waals surface area contributed by atoms with Crippen LogP contribution < -0.4 is 4.90 Å². The zero-order chi connectivity index (χ0) is 25.8. The van der Waals surface area contributed by atoms with Gasteiger partial charge in [0.15, 0.2) is 5.78 Å². The minimum absolute atomic E-state index is 0.0309. The molecule has 1 atom stereocenters. The van der Waals surface area contributed by atoms with E-state index in [-0.39, 0.29) is 29.5 Å². The number of Topliss-reactive ketones (excluding diaryl/α,β-unsaturated/α-hetero) is 1. The van der Waals surface area contributed by atoms with E-state index in [0.29, 0.717) is 17.1 Å². The molecule has 7 heteroatoms. The third kappa shape index (κ3) is 5.81. The zero-order valence-electron chi connectivity index (χ0n) is 20.5. The second kappa shape index (κ2) is 11.4. The molecule has 0 bridgehead atoms. The number of piperidine rings is 1. The topological polar surface area (TPSA) is 53.0 Å². The van der Waals surface area contributed by atoms with Crippen LogP contribution in [-0.4, -0.2) is 49.0 Å². The first-order valence-corrected chi connectivity index (χ1v) is 13.1. The Morgan fingerprint density at radius 1 is 0.973 bits per heavy atom. The highest BCUT2D eigenvalue weighted by Gasteiger charge is 2.28. The maximum atomic E-state index is 13.2. The van der Waals surface area contributed by atoms with E-state index in [1.54, 1.807) is 17.0 Å². The van der Waals surface area contributed by atoms with E-state index >= 15 is 0 Å². The van der Waals surface area contributed by atoms with Crippen molar-refractivity contribution in [1.29, 1.82) is 0 Å². The van der Waals surface area contributed by atoms with Gasteiger partial charge < -0.3 is 9.80 Å². The van der Waals surface area contributed by atoms with Crippen LogP contribution in [0.15, 0.2) is 77.8 Å². The van der Waals surface area contributed by atoms with Gasteiger partial charge in [0.1, 0.15) is 11.9 Å². The number of hydrogen-bond donors (Lipinski definition) is 0. The van der Waals surface area contributed by atoms with Crippen molar-refractivity contribution >= 4 is 35.2 Å². The van der Waals surface area contributed by atoms with Crippen molar-refractivity contribution in [3.8, 4) is 0 Å². The molecule has 5 rings (SSSR count). The smallest absolute Gasteiger partial charge is 0.269 e. The lowest BCUT2D eigenvalue weighted by atomic mass is 9.89. The first kappa shape index (κ1) is 25.3. The zero-order valence-corrected chi connectivity index (χ0v) is 21.3. The molecule has 2 heterocycles. The third-order valence-corrected chi connectivity index (χ3v) is 7.47. The van der Waals surface area contributed by atoms with Gasteiger partial charge in [-0.05, 0) is 86.9 Å². The van der Waals surface area contributed by atoms with E-state index in [2.05, 4.69) is 9.89 Å². The summed E-state index contributed by atoms with van der Waals surface area (Å²) in [5.74, 6) is -0.401. The number of carbonyl (C=O) groups excluding carboxylic acids is 2. The van der Waals surface area contributed by atoms with Gasteiger partial charge in [-0.15, -0.1) is 0 Å². The molecule has 2 aliphatic rings. The molecule has 0 aromatic heterocycles. The summed E-state index contributed by atoms with van der Waals surface area (Å²) in [4.78, 5) is 34.6. The number of nitrogens with zero attached hydrogens (tertiary/aromatic N) is 3. The predicted octanol–water partition coefficient (Wildman–Crippen LogP) is 5.97. The number of aliphatic imine (C=N–C) groups is 1. The minimum atomic E-state index is -0.332. The van der Waals surface area contributed by atoms with E-state index < -0.39 is 0 Å². The first-order valence-electron chi connectivity index (χ1n) is 12.7. The molecule has 1 fully saturated rings. The number of ketones is 1. The number of anilines is 1. The van der Waals surface area contributed by atoms with Gasteiger partial charge in [-0.25, -0.2) is 4.39 Å². The lowest BCUT2D eigenvalue weighted by Crippen LogP contribution is -2.39. The molecular weight excluding hydrogens is 489 g/mol. The van der Waals surface area contributed by atoms with Crippen LogP contribution in [0.25, 0.3) is 0 Å². The van der Waals surface area contributed by atoms with Crippen LogP contribution in [0.5, 0.6) is 0 Å². The van der Waals surface area contributed by atoms with Gasteiger partial charge in [0.2, 0.25) is 0 Å². The highest BCUT2D eigenvalue weighted by molar-refractivity contribution is 6.34. The summed E-state index contributed by atoms with van der Waals surface area (Å²) in [6, 6.07) is 21.1. The Morgan fingerprint density at radius 2 is 1.70 bits per heavy atom. The average Bonchev–Trinajstić information content (AvgIpc) is 3.05. The van der Waals surface area contributed by atoms with Crippen molar-refractivity contribution in [3.05, 3.63) is 100 Å². The summed E-state index contributed by atoms with van der Waals surface area (Å²) < 4.78 is 13.2. The molecule has 5 nitrogen and oxygen atoms in total. The van der Waals surface area contributed by atoms with Crippen LogP contribution in [0.1, 0.15) is 46.8 Å². The second-order valence-electron chi connectivity index (χ2n) is 9.63. The van der Waals surface area contributed by atoms with Crippen LogP contribution in [0.3, 0.4) is 0 Å². The van der Waals surface area contributed by atoms with E-state index in [0.717, 1.165) is 55.7 Å². The molecule has 0 aliphatic carbocycles. The molecule has 190 valence electrons. The van der Waals surface area contributed by atoms with Crippen molar-refractivity contribution in [2.75, 3.05) is 31.1 Å². The fourth-order valence-corrected chi connectivity index (χ4v) is 5.43. The molecule has 2 aliphatic heterocycles. The number of benzene rings is 3. The Hall–Kier alpha value is -3.35. The van der Waals surface area contributed by atoms with Gasteiger partial charge in [0, 0.05) is 34.3 Å². The Morgan fingerprint density at radius 3 is 2.43 bits per heavy atom. The highest BCUT2D eigenvalue weighted by atomic mass is 35.5. The SMILES string of the molecule is O=C(c1ccc(F)cc1)C1CCN(CCCN2C(=O)C=NC(c3ccccc3)c3cc(Cl)ccc32)CC1. The molecule has 1 amide bonds. The number of likely N-dealkylation sites (tertiary alicyclic amines) is 1. The van der Waals surface area contributed by atoms with Gasteiger partial charge in [0.25, 0.3) is 5.91 Å². The van der Waals surface area contributed by atoms with Crippen LogP contribution >= 0.6 is 11.6 Å². The molecular formula is C30H29ClFN3O2. The summed E-state index contributed by atoms with van der Waals surface area (Å²) in [6.07, 6.45) is 3.80. The number of carbonyl (C=O) groups is 2. The van der Waals surface area contributed by atoms with Crippen LogP contribution in [0, 0.1) is 11.7 Å². The lowest BCUT2D eigenvalue weighted by Gasteiger charge is -2.32. The molecule has 0 N–H and O–H groups in total. The molecule has 0 spiro atoms. The largest absolute Gasteiger partial charge is 0.307 e. The summed E-state index contributed by atoms with van der Waals surface area (Å²) in [5, 5.41) is 0.613. The fourth-order valence-electron chi connectivity index (χ4n) is 5.25. The minimum Gasteiger partial charge on any atom is -0.307 e. The van der Waals surface area contributed by atoms with Gasteiger partial charge in [-0.3, -0.25) is 14.6 Å². The third-order valence-electron chi connectivity index (χ3n) is 7.23. The van der Waals surface area contributed by atoms with Crippen molar-refractivity contribution in [3.63, 3.8) is 0 Å². The number of hydrogen-bond acceptors (Lipinski definition) is 4. The van der Waals surface area contributed by atoms with Crippen LogP contribution in [-0.2, 0) is 4.79 Å². The van der Waals surface area contributed by atoms with Gasteiger partial charge >= 0.3 is 0 Å². The number of rotatable bonds is 7. The van der Waals surface area contributed by atoms with Crippen molar-refractivity contribution in [2.24, 2.45) is 10.9 Å². The molecule has 0 saturated carbocycles. The summed E-state index contributed by atoms with van der Waals surface area (Å²) in [6.45, 7) is 3.06. The maximum absolute atomic E-state index is 13.2. The number of amides is 1. The van der Waals surface area contributed by atoms with Crippen molar-refractivity contribution in [1.82, 2.24) is 4.90 Å². The number of halogens is 2. The summed E-state index contributed by atoms with van der Waals surface area (Å²) >= 11 is 6.35. The highest BCUT2D eigenvalue weighted by Crippen LogP contribution is 2.37. The van der Waals surface area contributed by atoms with Gasteiger partial charge in [-0.1, -0.05) is 41.9 Å². The molecule has 3 aromatic carbocycles. The Labute approximate surface area is 221 Å². The molecule has 3 aromatic rings. The summed E-state index contributed by atoms with van der Waals surface area (Å²) in [5.41, 5.74) is 3.34. The van der Waals surface area contributed by atoms with E-state index in [1.807, 2.05) is 48.5 Å². The van der Waals surface area contributed by atoms with Gasteiger partial charge in [0.05, 0.1) is 6.21 Å². The normalized spacial score (nSPS) is 18.5. The van der Waals surface area contributed by atoms with Crippen molar-refractivity contribution in [2.45, 2.75) is 25.3 Å². The molecule has 1 saturated heterocycles. The first-order chi connectivity index (χ1) is 18.0. The molecule has 0 radical (unpaired) electrons. The van der Waals surface area contributed by atoms with E-state index in [9.17, 15) is 14.0 Å². The van der Waals surface area contributed by atoms with Gasteiger partial charge in [-0.2, -0.15) is 0 Å². The second-order valence-corrected chi connectivity index (χ2v) is 10.1. The lowest BCUT2D eigenvalue weighted by molar-refractivity contribution is -0.112. The van der Waals surface area contributed by atoms with E-state index in [1.165, 1.54) is 18.3 Å². The van der Waals surface area contributed by atoms with Crippen LogP contribution in [0.2, 0.25) is 5.02 Å². The standard InChI is InChI=1S/C30H29ClFN3O2/c31-24-9-12-27-26(19-24)29(21-5-2-1-3-6-21)33-20-28(36)35(27)16-4-15-34-17-13-23(14-18-34)30(37)22-7-10-25(32)11-8-22/h1-3,5-12,19-20,23,29H,4,13-18H2. The Balaban J connectivity index is 1.21. The van der Waals surface area contributed by atoms with Crippen molar-refractivity contribution < 1.29 is 14.0 Å². The maximum Gasteiger partial charge on any atom is 0.269 e. The molecule has 1 unspecified atom stereocenters. The average molecular weight is 518 g/mol. The fraction of sp³-hybridized carbons (Fsp3) is 0.300.